The fourth-order valence-corrected chi connectivity index (χ4v) is 1.91. The Morgan fingerprint density at radius 2 is 1.17 bits per heavy atom. The Morgan fingerprint density at radius 1 is 0.778 bits per heavy atom. The topological polar surface area (TPSA) is 46.0 Å². The molecule has 0 spiro atoms. The second-order valence-corrected chi connectivity index (χ2v) is 4.44. The second kappa shape index (κ2) is 6.87. The van der Waals surface area contributed by atoms with E-state index in [0.29, 0.717) is 0 Å². The van der Waals surface area contributed by atoms with Crippen LogP contribution in [0.5, 0.6) is 0 Å². The van der Waals surface area contributed by atoms with Crippen molar-refractivity contribution in [1.82, 2.24) is 9.97 Å². The van der Waals surface area contributed by atoms with Crippen LogP contribution in [0.15, 0.2) is 49.1 Å². The monoisotopic (exact) mass is 242 g/mol. The van der Waals surface area contributed by atoms with Crippen LogP contribution in [0, 0.1) is 0 Å². The fraction of sp³-hybridized carbons (Fsp3) is 0.333. The molecule has 94 valence electrons. The van der Waals surface area contributed by atoms with Gasteiger partial charge in [0.05, 0.1) is 6.10 Å². The number of rotatable bonds is 6. The van der Waals surface area contributed by atoms with E-state index in [2.05, 4.69) is 9.97 Å². The largest absolute Gasteiger partial charge is 0.393 e. The Hall–Kier alpha value is -1.74. The minimum Gasteiger partial charge on any atom is -0.393 e. The molecule has 1 N–H and O–H groups in total. The molecule has 0 aliphatic carbocycles. The zero-order chi connectivity index (χ0) is 12.6. The molecule has 0 saturated carbocycles. The first-order chi connectivity index (χ1) is 8.84. The van der Waals surface area contributed by atoms with Crippen LogP contribution in [0.2, 0.25) is 0 Å². The zero-order valence-corrected chi connectivity index (χ0v) is 10.4. The van der Waals surface area contributed by atoms with Gasteiger partial charge in [0, 0.05) is 24.8 Å². The molecule has 18 heavy (non-hydrogen) atoms. The van der Waals surface area contributed by atoms with E-state index in [9.17, 15) is 5.11 Å². The third-order valence-corrected chi connectivity index (χ3v) is 3.03. The van der Waals surface area contributed by atoms with Crippen LogP contribution < -0.4 is 0 Å². The molecule has 0 aromatic carbocycles. The minimum atomic E-state index is -0.244. The van der Waals surface area contributed by atoms with Crippen molar-refractivity contribution in [2.75, 3.05) is 0 Å². The van der Waals surface area contributed by atoms with Crippen LogP contribution in [-0.4, -0.2) is 21.2 Å². The molecule has 0 unspecified atom stereocenters. The van der Waals surface area contributed by atoms with Gasteiger partial charge >= 0.3 is 0 Å². The molecular formula is C15H18N2O. The van der Waals surface area contributed by atoms with E-state index >= 15 is 0 Å². The van der Waals surface area contributed by atoms with Gasteiger partial charge in [-0.2, -0.15) is 0 Å². The van der Waals surface area contributed by atoms with Crippen molar-refractivity contribution in [2.24, 2.45) is 0 Å². The summed E-state index contributed by atoms with van der Waals surface area (Å²) < 4.78 is 0. The Labute approximate surface area is 108 Å². The lowest BCUT2D eigenvalue weighted by Gasteiger charge is -2.10. The molecule has 3 nitrogen and oxygen atoms in total. The highest BCUT2D eigenvalue weighted by molar-refractivity contribution is 5.11. The molecule has 0 radical (unpaired) electrons. The van der Waals surface area contributed by atoms with E-state index in [-0.39, 0.29) is 6.10 Å². The van der Waals surface area contributed by atoms with Gasteiger partial charge in [0.15, 0.2) is 0 Å². The summed E-state index contributed by atoms with van der Waals surface area (Å²) in [4.78, 5) is 7.96. The normalized spacial score (nSPS) is 10.8. The summed E-state index contributed by atoms with van der Waals surface area (Å²) in [6.45, 7) is 0. The number of nitrogens with zero attached hydrogens (tertiary/aromatic N) is 2. The first-order valence-electron chi connectivity index (χ1n) is 6.30. The Morgan fingerprint density at radius 3 is 1.56 bits per heavy atom. The molecule has 2 aromatic rings. The van der Waals surface area contributed by atoms with E-state index in [4.69, 9.17) is 0 Å². The molecule has 2 rings (SSSR count). The van der Waals surface area contributed by atoms with Gasteiger partial charge in [-0.15, -0.1) is 0 Å². The summed E-state index contributed by atoms with van der Waals surface area (Å²) in [7, 11) is 0. The molecular weight excluding hydrogens is 224 g/mol. The number of aryl methyl sites for hydroxylation is 2. The quantitative estimate of drug-likeness (QED) is 0.846. The van der Waals surface area contributed by atoms with Gasteiger partial charge in [0.25, 0.3) is 0 Å². The molecule has 0 aliphatic heterocycles. The molecule has 0 atom stereocenters. The maximum atomic E-state index is 9.94. The van der Waals surface area contributed by atoms with E-state index in [1.165, 1.54) is 11.1 Å². The van der Waals surface area contributed by atoms with Crippen LogP contribution in [-0.2, 0) is 12.8 Å². The van der Waals surface area contributed by atoms with Gasteiger partial charge < -0.3 is 5.11 Å². The molecule has 3 heteroatoms. The third kappa shape index (κ3) is 4.26. The molecule has 0 aliphatic rings. The average molecular weight is 242 g/mol. The summed E-state index contributed by atoms with van der Waals surface area (Å²) in [5.41, 5.74) is 2.46. The predicted molar refractivity (Wildman–Crippen MR) is 71.1 cm³/mol. The standard InChI is InChI=1S/C15H18N2O/c18-15(3-1-13-5-9-16-10-6-13)4-2-14-7-11-17-12-8-14/h5-12,15,18H,1-4H2. The minimum absolute atomic E-state index is 0.244. The maximum Gasteiger partial charge on any atom is 0.0546 e. The summed E-state index contributed by atoms with van der Waals surface area (Å²) in [5.74, 6) is 0. The lowest BCUT2D eigenvalue weighted by atomic mass is 10.0. The molecule has 2 heterocycles. The van der Waals surface area contributed by atoms with E-state index in [0.717, 1.165) is 25.7 Å². The van der Waals surface area contributed by atoms with Crippen LogP contribution in [0.1, 0.15) is 24.0 Å². The lowest BCUT2D eigenvalue weighted by Crippen LogP contribution is -2.09. The first-order valence-corrected chi connectivity index (χ1v) is 6.30. The summed E-state index contributed by atoms with van der Waals surface area (Å²) in [6.07, 6.45) is 10.3. The summed E-state index contributed by atoms with van der Waals surface area (Å²) >= 11 is 0. The molecule has 0 bridgehead atoms. The smallest absolute Gasteiger partial charge is 0.0546 e. The number of aliphatic hydroxyl groups is 1. The van der Waals surface area contributed by atoms with Gasteiger partial charge in [0.1, 0.15) is 0 Å². The van der Waals surface area contributed by atoms with Crippen LogP contribution >= 0.6 is 0 Å². The molecule has 0 amide bonds. The van der Waals surface area contributed by atoms with Crippen molar-refractivity contribution in [2.45, 2.75) is 31.8 Å². The summed E-state index contributed by atoms with van der Waals surface area (Å²) in [5, 5.41) is 9.94. The number of hydrogen-bond acceptors (Lipinski definition) is 3. The van der Waals surface area contributed by atoms with Crippen molar-refractivity contribution < 1.29 is 5.11 Å². The van der Waals surface area contributed by atoms with E-state index < -0.39 is 0 Å². The van der Waals surface area contributed by atoms with Crippen molar-refractivity contribution in [1.29, 1.82) is 0 Å². The van der Waals surface area contributed by atoms with Crippen molar-refractivity contribution in [3.8, 4) is 0 Å². The second-order valence-electron chi connectivity index (χ2n) is 4.44. The highest BCUT2D eigenvalue weighted by Gasteiger charge is 2.05. The fourth-order valence-electron chi connectivity index (χ4n) is 1.91. The van der Waals surface area contributed by atoms with Gasteiger partial charge in [-0.3, -0.25) is 9.97 Å². The Kier molecular flexibility index (Phi) is 4.85. The number of aromatic nitrogens is 2. The van der Waals surface area contributed by atoms with E-state index in [1.807, 2.05) is 24.3 Å². The Balaban J connectivity index is 1.71. The highest BCUT2D eigenvalue weighted by atomic mass is 16.3. The zero-order valence-electron chi connectivity index (χ0n) is 10.4. The van der Waals surface area contributed by atoms with Crippen molar-refractivity contribution in [3.63, 3.8) is 0 Å². The van der Waals surface area contributed by atoms with E-state index in [1.54, 1.807) is 24.8 Å². The lowest BCUT2D eigenvalue weighted by molar-refractivity contribution is 0.155. The van der Waals surface area contributed by atoms with Crippen molar-refractivity contribution >= 4 is 0 Å². The van der Waals surface area contributed by atoms with Gasteiger partial charge in [0.2, 0.25) is 0 Å². The first kappa shape index (κ1) is 12.7. The maximum absolute atomic E-state index is 9.94. The molecule has 0 saturated heterocycles. The highest BCUT2D eigenvalue weighted by Crippen LogP contribution is 2.09. The summed E-state index contributed by atoms with van der Waals surface area (Å²) in [6, 6.07) is 7.98. The van der Waals surface area contributed by atoms with Gasteiger partial charge in [-0.25, -0.2) is 0 Å². The number of hydrogen-bond donors (Lipinski definition) is 1. The van der Waals surface area contributed by atoms with Crippen LogP contribution in [0.25, 0.3) is 0 Å². The Bertz CT molecular complexity index is 401. The number of aliphatic hydroxyl groups excluding tert-OH is 1. The van der Waals surface area contributed by atoms with Crippen molar-refractivity contribution in [3.05, 3.63) is 60.2 Å². The van der Waals surface area contributed by atoms with Crippen LogP contribution in [0.3, 0.4) is 0 Å². The SMILES string of the molecule is OC(CCc1ccncc1)CCc1ccncc1. The molecule has 0 fully saturated rings. The third-order valence-electron chi connectivity index (χ3n) is 3.03. The van der Waals surface area contributed by atoms with Gasteiger partial charge in [-0.1, -0.05) is 0 Å². The van der Waals surface area contributed by atoms with Gasteiger partial charge in [-0.05, 0) is 61.1 Å². The average Bonchev–Trinajstić information content (AvgIpc) is 2.45. The molecule has 2 aromatic heterocycles. The van der Waals surface area contributed by atoms with Crippen LogP contribution in [0.4, 0.5) is 0 Å². The number of pyridine rings is 2. The predicted octanol–water partition coefficient (Wildman–Crippen LogP) is 2.40.